The van der Waals surface area contributed by atoms with Crippen molar-refractivity contribution in [3.8, 4) is 10.6 Å². The van der Waals surface area contributed by atoms with Crippen LogP contribution in [0.5, 0.6) is 0 Å². The fraction of sp³-hybridized carbons (Fsp3) is 0.429. The third-order valence-corrected chi connectivity index (χ3v) is 5.12. The van der Waals surface area contributed by atoms with Crippen molar-refractivity contribution in [2.75, 3.05) is 26.8 Å². The Hall–Kier alpha value is -1.53. The van der Waals surface area contributed by atoms with E-state index >= 15 is 0 Å². The average Bonchev–Trinajstić information content (AvgIpc) is 3.17. The molecule has 0 saturated carbocycles. The van der Waals surface area contributed by atoms with Crippen LogP contribution in [-0.4, -0.2) is 36.8 Å². The normalized spacial score (nSPS) is 10.0. The standard InChI is InChI=1S/C17H18ClN3OS.2C2H6/c1-22-9-8-19-6-4-12-2-3-14(21-11-12)16-10-15-17(23-16)13(18)5-7-20-15;2*1-2/h2-3,5,7,10-11,19H,4,6,8-9H2,1H3;2*1-2H3. The first-order valence-corrected chi connectivity index (χ1v) is 10.7. The van der Waals surface area contributed by atoms with Gasteiger partial charge in [-0.15, -0.1) is 11.3 Å². The van der Waals surface area contributed by atoms with Crippen LogP contribution in [-0.2, 0) is 11.2 Å². The van der Waals surface area contributed by atoms with Gasteiger partial charge >= 0.3 is 0 Å². The zero-order valence-corrected chi connectivity index (χ0v) is 18.5. The quantitative estimate of drug-likeness (QED) is 0.499. The van der Waals surface area contributed by atoms with E-state index in [1.807, 2.05) is 46.0 Å². The maximum atomic E-state index is 6.21. The first-order valence-electron chi connectivity index (χ1n) is 9.47. The SMILES string of the molecule is CC.CC.COCCNCCc1ccc(-c2cc3nccc(Cl)c3s2)nc1. The smallest absolute Gasteiger partial charge is 0.0831 e. The van der Waals surface area contributed by atoms with E-state index in [0.717, 1.165) is 51.9 Å². The maximum absolute atomic E-state index is 6.21. The summed E-state index contributed by atoms with van der Waals surface area (Å²) in [5.41, 5.74) is 3.10. The molecule has 3 aromatic rings. The van der Waals surface area contributed by atoms with Crippen LogP contribution < -0.4 is 5.32 Å². The minimum Gasteiger partial charge on any atom is -0.383 e. The second-order valence-electron chi connectivity index (χ2n) is 5.16. The highest BCUT2D eigenvalue weighted by Crippen LogP contribution is 2.35. The molecule has 4 nitrogen and oxygen atoms in total. The molecule has 0 amide bonds. The molecule has 0 aliphatic rings. The third kappa shape index (κ3) is 7.18. The lowest BCUT2D eigenvalue weighted by Crippen LogP contribution is -2.21. The lowest BCUT2D eigenvalue weighted by atomic mass is 10.2. The van der Waals surface area contributed by atoms with Crippen LogP contribution >= 0.6 is 22.9 Å². The number of ether oxygens (including phenoxy) is 1. The highest BCUT2D eigenvalue weighted by Gasteiger charge is 2.09. The number of hydrogen-bond donors (Lipinski definition) is 1. The van der Waals surface area contributed by atoms with Crippen molar-refractivity contribution >= 4 is 33.2 Å². The van der Waals surface area contributed by atoms with Crippen molar-refractivity contribution in [3.63, 3.8) is 0 Å². The summed E-state index contributed by atoms with van der Waals surface area (Å²) < 4.78 is 6.02. The zero-order valence-electron chi connectivity index (χ0n) is 16.9. The minimum atomic E-state index is 0.736. The van der Waals surface area contributed by atoms with Gasteiger partial charge in [0.2, 0.25) is 0 Å². The van der Waals surface area contributed by atoms with Crippen molar-refractivity contribution in [1.29, 1.82) is 0 Å². The van der Waals surface area contributed by atoms with Crippen molar-refractivity contribution in [1.82, 2.24) is 15.3 Å². The highest BCUT2D eigenvalue weighted by molar-refractivity contribution is 7.22. The summed E-state index contributed by atoms with van der Waals surface area (Å²) in [5.74, 6) is 0. The molecule has 0 bridgehead atoms. The summed E-state index contributed by atoms with van der Waals surface area (Å²) in [6.07, 6.45) is 4.62. The van der Waals surface area contributed by atoms with Crippen LogP contribution in [0, 0.1) is 0 Å². The van der Waals surface area contributed by atoms with Gasteiger partial charge in [0.25, 0.3) is 0 Å². The molecule has 3 rings (SSSR count). The van der Waals surface area contributed by atoms with Crippen LogP contribution in [0.4, 0.5) is 0 Å². The minimum absolute atomic E-state index is 0.736. The number of nitrogens with zero attached hydrogens (tertiary/aromatic N) is 2. The van der Waals surface area contributed by atoms with Gasteiger partial charge in [-0.3, -0.25) is 9.97 Å². The van der Waals surface area contributed by atoms with Gasteiger partial charge in [-0.1, -0.05) is 45.4 Å². The number of thiophene rings is 1. The van der Waals surface area contributed by atoms with Crippen molar-refractivity contribution in [2.24, 2.45) is 0 Å². The summed E-state index contributed by atoms with van der Waals surface area (Å²) in [7, 11) is 1.71. The summed E-state index contributed by atoms with van der Waals surface area (Å²) in [4.78, 5) is 10.0. The van der Waals surface area contributed by atoms with Gasteiger partial charge in [-0.05, 0) is 36.7 Å². The molecule has 0 saturated heterocycles. The number of rotatable bonds is 7. The van der Waals surface area contributed by atoms with Crippen molar-refractivity contribution in [3.05, 3.63) is 47.2 Å². The number of aromatic nitrogens is 2. The predicted octanol–water partition coefficient (Wildman–Crippen LogP) is 5.84. The van der Waals surface area contributed by atoms with E-state index in [-0.39, 0.29) is 0 Å². The summed E-state index contributed by atoms with van der Waals surface area (Å²) >= 11 is 7.84. The number of methoxy groups -OCH3 is 1. The second-order valence-corrected chi connectivity index (χ2v) is 6.62. The molecule has 1 N–H and O–H groups in total. The molecular formula is C21H30ClN3OS. The van der Waals surface area contributed by atoms with Gasteiger partial charge in [0.05, 0.1) is 32.4 Å². The van der Waals surface area contributed by atoms with Crippen molar-refractivity contribution in [2.45, 2.75) is 34.1 Å². The number of pyridine rings is 2. The van der Waals surface area contributed by atoms with Crippen LogP contribution in [0.15, 0.2) is 36.7 Å². The first kappa shape index (κ1) is 23.5. The largest absolute Gasteiger partial charge is 0.383 e. The van der Waals surface area contributed by atoms with E-state index in [4.69, 9.17) is 16.3 Å². The summed E-state index contributed by atoms with van der Waals surface area (Å²) in [6, 6.07) is 8.04. The van der Waals surface area contributed by atoms with Gasteiger partial charge in [-0.2, -0.15) is 0 Å². The van der Waals surface area contributed by atoms with Gasteiger partial charge in [0.1, 0.15) is 0 Å². The van der Waals surface area contributed by atoms with Crippen LogP contribution in [0.3, 0.4) is 0 Å². The van der Waals surface area contributed by atoms with Crippen LogP contribution in [0.25, 0.3) is 20.8 Å². The van der Waals surface area contributed by atoms with E-state index in [9.17, 15) is 0 Å². The van der Waals surface area contributed by atoms with E-state index < -0.39 is 0 Å². The molecule has 27 heavy (non-hydrogen) atoms. The topological polar surface area (TPSA) is 47.0 Å². The van der Waals surface area contributed by atoms with Crippen LogP contribution in [0.2, 0.25) is 5.02 Å². The number of hydrogen-bond acceptors (Lipinski definition) is 5. The molecule has 0 spiro atoms. The van der Waals surface area contributed by atoms with E-state index in [1.165, 1.54) is 5.56 Å². The number of fused-ring (bicyclic) bond motifs is 1. The van der Waals surface area contributed by atoms with E-state index in [2.05, 4.69) is 27.4 Å². The number of nitrogens with one attached hydrogen (secondary N) is 1. The van der Waals surface area contributed by atoms with Crippen LogP contribution in [0.1, 0.15) is 33.3 Å². The molecule has 6 heteroatoms. The van der Waals surface area contributed by atoms with Gasteiger partial charge in [-0.25, -0.2) is 0 Å². The Labute approximate surface area is 172 Å². The predicted molar refractivity (Wildman–Crippen MR) is 119 cm³/mol. The van der Waals surface area contributed by atoms with Gasteiger partial charge < -0.3 is 10.1 Å². The molecule has 3 heterocycles. The molecular weight excluding hydrogens is 378 g/mol. The lowest BCUT2D eigenvalue weighted by Gasteiger charge is -2.04. The Morgan fingerprint density at radius 3 is 2.48 bits per heavy atom. The molecule has 148 valence electrons. The highest BCUT2D eigenvalue weighted by atomic mass is 35.5. The fourth-order valence-corrected chi connectivity index (χ4v) is 3.55. The van der Waals surface area contributed by atoms with Gasteiger partial charge in [0.15, 0.2) is 0 Å². The molecule has 0 aromatic carbocycles. The summed E-state index contributed by atoms with van der Waals surface area (Å²) in [5, 5.41) is 4.07. The number of halogens is 1. The molecule has 0 atom stereocenters. The fourth-order valence-electron chi connectivity index (χ4n) is 2.28. The summed E-state index contributed by atoms with van der Waals surface area (Å²) in [6.45, 7) is 10.5. The molecule has 0 unspecified atom stereocenters. The van der Waals surface area contributed by atoms with Crippen molar-refractivity contribution < 1.29 is 4.74 Å². The Bertz CT molecular complexity index is 775. The Kier molecular flexibility index (Phi) is 11.9. The van der Waals surface area contributed by atoms with E-state index in [0.29, 0.717) is 0 Å². The molecule has 0 aliphatic carbocycles. The Morgan fingerprint density at radius 1 is 1.07 bits per heavy atom. The molecule has 0 radical (unpaired) electrons. The molecule has 3 aromatic heterocycles. The average molecular weight is 408 g/mol. The third-order valence-electron chi connectivity index (χ3n) is 3.51. The first-order chi connectivity index (χ1) is 13.3. The maximum Gasteiger partial charge on any atom is 0.0831 e. The monoisotopic (exact) mass is 407 g/mol. The Morgan fingerprint density at radius 2 is 1.85 bits per heavy atom. The van der Waals surface area contributed by atoms with Gasteiger partial charge in [0, 0.05) is 26.0 Å². The zero-order chi connectivity index (χ0) is 20.1. The molecule has 0 fully saturated rings. The molecule has 0 aliphatic heterocycles. The van der Waals surface area contributed by atoms with E-state index in [1.54, 1.807) is 24.6 Å². The Balaban J connectivity index is 0.000000855. The lowest BCUT2D eigenvalue weighted by molar-refractivity contribution is 0.199. The second kappa shape index (κ2) is 13.6.